The Hall–Kier alpha value is -2.73. The van der Waals surface area contributed by atoms with E-state index in [0.29, 0.717) is 5.76 Å². The van der Waals surface area contributed by atoms with Gasteiger partial charge in [0.05, 0.1) is 19.0 Å². The summed E-state index contributed by atoms with van der Waals surface area (Å²) >= 11 is 1.56. The molecule has 0 radical (unpaired) electrons. The number of para-hydroxylation sites is 1. The summed E-state index contributed by atoms with van der Waals surface area (Å²) in [4.78, 5) is 17.4. The van der Waals surface area contributed by atoms with E-state index in [4.69, 9.17) is 9.15 Å². The van der Waals surface area contributed by atoms with Gasteiger partial charge in [-0.2, -0.15) is 0 Å². The van der Waals surface area contributed by atoms with Crippen LogP contribution in [0.1, 0.15) is 10.7 Å². The fourth-order valence-electron chi connectivity index (χ4n) is 2.19. The number of hydrogen-bond acceptors (Lipinski definition) is 5. The molecule has 6 heteroatoms. The lowest BCUT2D eigenvalue weighted by Gasteiger charge is -2.07. The molecule has 2 aromatic carbocycles. The molecular weight excluding hydrogens is 324 g/mol. The smallest absolute Gasteiger partial charge is 0.311 e. The number of nitrogens with one attached hydrogen (secondary N) is 1. The highest BCUT2D eigenvalue weighted by Crippen LogP contribution is 2.26. The third-order valence-electron chi connectivity index (χ3n) is 3.43. The van der Waals surface area contributed by atoms with E-state index in [9.17, 15) is 4.79 Å². The van der Waals surface area contributed by atoms with Crippen molar-refractivity contribution in [2.45, 2.75) is 4.90 Å². The van der Waals surface area contributed by atoms with Crippen molar-refractivity contribution in [3.8, 4) is 17.1 Å². The molecule has 0 bridgehead atoms. The minimum absolute atomic E-state index is 0.0247. The highest BCUT2D eigenvalue weighted by atomic mass is 32.2. The van der Waals surface area contributed by atoms with Gasteiger partial charge in [-0.1, -0.05) is 12.1 Å². The highest BCUT2D eigenvalue weighted by molar-refractivity contribution is 7.98. The molecule has 0 atom stereocenters. The molecule has 122 valence electrons. The van der Waals surface area contributed by atoms with Crippen molar-refractivity contribution < 1.29 is 13.9 Å². The molecule has 24 heavy (non-hydrogen) atoms. The quantitative estimate of drug-likeness (QED) is 0.701. The molecule has 0 spiro atoms. The van der Waals surface area contributed by atoms with Gasteiger partial charge in [0.15, 0.2) is 5.76 Å². The number of carbonyl (C=O) groups is 1. The van der Waals surface area contributed by atoms with Crippen molar-refractivity contribution in [1.82, 2.24) is 4.98 Å². The summed E-state index contributed by atoms with van der Waals surface area (Å²) in [6.45, 7) is 0. The van der Waals surface area contributed by atoms with Crippen LogP contribution in [0.15, 0.2) is 64.0 Å². The number of carbonyl (C=O) groups excluding carboxylic acids is 1. The standard InChI is InChI=1S/C18H16N2O3S/c1-22-13-9-7-12(8-10-13)15-11-19-18(23-15)17(21)20-14-5-3-4-6-16(14)24-2/h3-11H,1-2H3,(H,20,21). The first kappa shape index (κ1) is 16.1. The number of thioether (sulfide) groups is 1. The summed E-state index contributed by atoms with van der Waals surface area (Å²) < 4.78 is 10.7. The minimum atomic E-state index is -0.378. The fourth-order valence-corrected chi connectivity index (χ4v) is 2.75. The van der Waals surface area contributed by atoms with E-state index in [0.717, 1.165) is 21.9 Å². The SMILES string of the molecule is COc1ccc(-c2cnc(C(=O)Nc3ccccc3SC)o2)cc1. The van der Waals surface area contributed by atoms with Crippen LogP contribution in [0.25, 0.3) is 11.3 Å². The Kier molecular flexibility index (Phi) is 4.86. The molecule has 1 heterocycles. The lowest BCUT2D eigenvalue weighted by molar-refractivity contribution is 0.0991. The predicted octanol–water partition coefficient (Wildman–Crippen LogP) is 4.32. The molecule has 3 rings (SSSR count). The molecule has 5 nitrogen and oxygen atoms in total. The first-order valence-electron chi connectivity index (χ1n) is 7.26. The van der Waals surface area contributed by atoms with Crippen LogP contribution < -0.4 is 10.1 Å². The van der Waals surface area contributed by atoms with Gasteiger partial charge in [0, 0.05) is 10.5 Å². The molecule has 1 amide bonds. The van der Waals surface area contributed by atoms with Gasteiger partial charge in [-0.15, -0.1) is 11.8 Å². The zero-order valence-electron chi connectivity index (χ0n) is 13.3. The summed E-state index contributed by atoms with van der Waals surface area (Å²) in [5, 5.41) is 2.82. The Morgan fingerprint density at radius 3 is 2.62 bits per heavy atom. The number of amides is 1. The molecule has 0 aliphatic rings. The van der Waals surface area contributed by atoms with Gasteiger partial charge in [0.25, 0.3) is 5.89 Å². The Labute approximate surface area is 144 Å². The largest absolute Gasteiger partial charge is 0.497 e. The highest BCUT2D eigenvalue weighted by Gasteiger charge is 2.15. The first-order valence-corrected chi connectivity index (χ1v) is 8.48. The minimum Gasteiger partial charge on any atom is -0.497 e. The van der Waals surface area contributed by atoms with E-state index in [2.05, 4.69) is 10.3 Å². The number of rotatable bonds is 5. The van der Waals surface area contributed by atoms with Gasteiger partial charge >= 0.3 is 5.91 Å². The van der Waals surface area contributed by atoms with Crippen molar-refractivity contribution in [1.29, 1.82) is 0 Å². The Bertz CT molecular complexity index is 843. The first-order chi connectivity index (χ1) is 11.7. The fraction of sp³-hybridized carbons (Fsp3) is 0.111. The van der Waals surface area contributed by atoms with Gasteiger partial charge in [-0.25, -0.2) is 4.98 Å². The number of benzene rings is 2. The molecular formula is C18H16N2O3S. The molecule has 0 fully saturated rings. The van der Waals surface area contributed by atoms with E-state index >= 15 is 0 Å². The number of aromatic nitrogens is 1. The van der Waals surface area contributed by atoms with Crippen LogP contribution in [0.2, 0.25) is 0 Å². The van der Waals surface area contributed by atoms with Gasteiger partial charge < -0.3 is 14.5 Å². The average Bonchev–Trinajstić information content (AvgIpc) is 3.12. The Balaban J connectivity index is 1.78. The van der Waals surface area contributed by atoms with Crippen LogP contribution in [-0.2, 0) is 0 Å². The van der Waals surface area contributed by atoms with Crippen LogP contribution in [0, 0.1) is 0 Å². The second-order valence-electron chi connectivity index (χ2n) is 4.91. The van der Waals surface area contributed by atoms with E-state index in [1.807, 2.05) is 54.8 Å². The molecule has 0 aliphatic carbocycles. The van der Waals surface area contributed by atoms with E-state index in [1.165, 1.54) is 6.20 Å². The number of ether oxygens (including phenoxy) is 1. The molecule has 0 unspecified atom stereocenters. The van der Waals surface area contributed by atoms with Crippen LogP contribution in [0.3, 0.4) is 0 Å². The molecule has 0 saturated carbocycles. The van der Waals surface area contributed by atoms with Crippen LogP contribution in [-0.4, -0.2) is 24.3 Å². The van der Waals surface area contributed by atoms with Crippen LogP contribution >= 0.6 is 11.8 Å². The molecule has 1 N–H and O–H groups in total. The number of hydrogen-bond donors (Lipinski definition) is 1. The average molecular weight is 340 g/mol. The summed E-state index contributed by atoms with van der Waals surface area (Å²) in [5.41, 5.74) is 1.56. The van der Waals surface area contributed by atoms with Crippen LogP contribution in [0.4, 0.5) is 5.69 Å². The predicted molar refractivity (Wildman–Crippen MR) is 94.7 cm³/mol. The van der Waals surface area contributed by atoms with Crippen LogP contribution in [0.5, 0.6) is 5.75 Å². The van der Waals surface area contributed by atoms with Gasteiger partial charge in [-0.05, 0) is 42.7 Å². The molecule has 0 aliphatic heterocycles. The Morgan fingerprint density at radius 1 is 1.17 bits per heavy atom. The van der Waals surface area contributed by atoms with Gasteiger partial charge in [0.1, 0.15) is 5.75 Å². The topological polar surface area (TPSA) is 64.4 Å². The number of methoxy groups -OCH3 is 1. The van der Waals surface area contributed by atoms with E-state index in [1.54, 1.807) is 18.9 Å². The molecule has 3 aromatic rings. The number of anilines is 1. The maximum Gasteiger partial charge on any atom is 0.311 e. The van der Waals surface area contributed by atoms with Gasteiger partial charge in [0.2, 0.25) is 0 Å². The second-order valence-corrected chi connectivity index (χ2v) is 5.76. The van der Waals surface area contributed by atoms with Gasteiger partial charge in [-0.3, -0.25) is 4.79 Å². The zero-order valence-corrected chi connectivity index (χ0v) is 14.1. The zero-order chi connectivity index (χ0) is 16.9. The van der Waals surface area contributed by atoms with Crippen molar-refractivity contribution in [2.24, 2.45) is 0 Å². The number of oxazole rings is 1. The van der Waals surface area contributed by atoms with Crippen molar-refractivity contribution in [2.75, 3.05) is 18.7 Å². The Morgan fingerprint density at radius 2 is 1.92 bits per heavy atom. The molecule has 0 saturated heterocycles. The number of nitrogens with zero attached hydrogens (tertiary/aromatic N) is 1. The monoisotopic (exact) mass is 340 g/mol. The van der Waals surface area contributed by atoms with E-state index < -0.39 is 0 Å². The van der Waals surface area contributed by atoms with Crippen molar-refractivity contribution in [3.05, 3.63) is 60.6 Å². The van der Waals surface area contributed by atoms with E-state index in [-0.39, 0.29) is 11.8 Å². The second kappa shape index (κ2) is 7.23. The lowest BCUT2D eigenvalue weighted by Crippen LogP contribution is -2.12. The summed E-state index contributed by atoms with van der Waals surface area (Å²) in [6.07, 6.45) is 3.50. The summed E-state index contributed by atoms with van der Waals surface area (Å²) in [7, 11) is 1.61. The third-order valence-corrected chi connectivity index (χ3v) is 4.23. The normalized spacial score (nSPS) is 10.4. The van der Waals surface area contributed by atoms with Crippen molar-refractivity contribution in [3.63, 3.8) is 0 Å². The van der Waals surface area contributed by atoms with Crippen molar-refractivity contribution >= 4 is 23.4 Å². The maximum atomic E-state index is 12.3. The lowest BCUT2D eigenvalue weighted by atomic mass is 10.2. The summed E-state index contributed by atoms with van der Waals surface area (Å²) in [6, 6.07) is 14.9. The third kappa shape index (κ3) is 3.44. The maximum absolute atomic E-state index is 12.3. The molecule has 1 aromatic heterocycles. The summed E-state index contributed by atoms with van der Waals surface area (Å²) in [5.74, 6) is 0.929.